The zero-order chi connectivity index (χ0) is 11.5. The summed E-state index contributed by atoms with van der Waals surface area (Å²) in [5.41, 5.74) is 0. The van der Waals surface area contributed by atoms with Crippen LogP contribution in [0.5, 0.6) is 0 Å². The summed E-state index contributed by atoms with van der Waals surface area (Å²) in [5.74, 6) is -0.465. The Hall–Kier alpha value is -0.710. The van der Waals surface area contributed by atoms with Gasteiger partial charge in [0.05, 0.1) is 0 Å². The maximum Gasteiger partial charge on any atom is 0.243 e. The van der Waals surface area contributed by atoms with E-state index in [0.29, 0.717) is 13.0 Å². The van der Waals surface area contributed by atoms with Crippen molar-refractivity contribution in [2.24, 2.45) is 11.8 Å². The Balaban J connectivity index is 1.86. The molecule has 0 radical (unpaired) electrons. The third-order valence-electron chi connectivity index (χ3n) is 3.58. The fraction of sp³-hybridized carbons (Fsp3) is 0.909. The molecule has 0 spiro atoms. The minimum absolute atomic E-state index is 0.0534. The number of amides is 1. The first-order chi connectivity index (χ1) is 7.68. The van der Waals surface area contributed by atoms with Crippen LogP contribution in [-0.4, -0.2) is 43.4 Å². The summed E-state index contributed by atoms with van der Waals surface area (Å²) in [6, 6.07) is 0. The number of nitrogens with zero attached hydrogens (tertiary/aromatic N) is 1. The Labute approximate surface area is 94.2 Å². The van der Waals surface area contributed by atoms with Crippen molar-refractivity contribution in [3.8, 4) is 0 Å². The van der Waals surface area contributed by atoms with Crippen LogP contribution < -0.4 is 5.32 Å². The van der Waals surface area contributed by atoms with Crippen molar-refractivity contribution in [1.29, 1.82) is 0 Å². The highest BCUT2D eigenvalue weighted by Gasteiger charge is 2.34. The Kier molecular flexibility index (Phi) is 3.74. The van der Waals surface area contributed by atoms with Crippen molar-refractivity contribution < 1.29 is 13.6 Å². The first-order valence-electron chi connectivity index (χ1n) is 5.96. The lowest BCUT2D eigenvalue weighted by Gasteiger charge is -2.26. The monoisotopic (exact) mass is 232 g/mol. The third-order valence-corrected chi connectivity index (χ3v) is 3.58. The summed E-state index contributed by atoms with van der Waals surface area (Å²) < 4.78 is 24.9. The van der Waals surface area contributed by atoms with E-state index in [-0.39, 0.29) is 18.4 Å². The van der Waals surface area contributed by atoms with E-state index in [1.165, 1.54) is 0 Å². The van der Waals surface area contributed by atoms with Gasteiger partial charge in [0.15, 0.2) is 0 Å². The maximum absolute atomic E-state index is 12.5. The van der Waals surface area contributed by atoms with Crippen molar-refractivity contribution in [2.45, 2.75) is 25.7 Å². The molecule has 0 aliphatic carbocycles. The first kappa shape index (κ1) is 11.8. The molecule has 1 atom stereocenters. The lowest BCUT2D eigenvalue weighted by atomic mass is 9.97. The van der Waals surface area contributed by atoms with Gasteiger partial charge in [-0.15, -0.1) is 0 Å². The van der Waals surface area contributed by atoms with E-state index in [2.05, 4.69) is 5.32 Å². The molecule has 0 bridgehead atoms. The summed E-state index contributed by atoms with van der Waals surface area (Å²) in [6.45, 7) is 2.49. The van der Waals surface area contributed by atoms with Crippen molar-refractivity contribution in [3.63, 3.8) is 0 Å². The number of carbonyl (C=O) groups is 1. The molecule has 16 heavy (non-hydrogen) atoms. The first-order valence-corrected chi connectivity index (χ1v) is 5.96. The van der Waals surface area contributed by atoms with Crippen molar-refractivity contribution in [1.82, 2.24) is 10.2 Å². The number of piperidine rings is 1. The van der Waals surface area contributed by atoms with Crippen LogP contribution in [0.4, 0.5) is 8.78 Å². The lowest BCUT2D eigenvalue weighted by Crippen LogP contribution is -2.40. The molecule has 2 aliphatic rings. The van der Waals surface area contributed by atoms with Gasteiger partial charge in [-0.3, -0.25) is 4.79 Å². The third kappa shape index (κ3) is 2.51. The van der Waals surface area contributed by atoms with Gasteiger partial charge < -0.3 is 10.2 Å². The zero-order valence-corrected chi connectivity index (χ0v) is 9.29. The largest absolute Gasteiger partial charge is 0.342 e. The summed E-state index contributed by atoms with van der Waals surface area (Å²) >= 11 is 0. The smallest absolute Gasteiger partial charge is 0.243 e. The standard InChI is InChI=1S/C11H18F2N2O/c12-10(13)9-3-6-15(7-9)11(16)8-1-4-14-5-2-8/h8-10,14H,1-7H2. The minimum Gasteiger partial charge on any atom is -0.342 e. The molecule has 0 saturated carbocycles. The fourth-order valence-corrected chi connectivity index (χ4v) is 2.52. The molecule has 2 rings (SSSR count). The lowest BCUT2D eigenvalue weighted by molar-refractivity contribution is -0.135. The van der Waals surface area contributed by atoms with E-state index in [1.807, 2.05) is 0 Å². The van der Waals surface area contributed by atoms with Crippen molar-refractivity contribution >= 4 is 5.91 Å². The number of likely N-dealkylation sites (tertiary alicyclic amines) is 1. The van der Waals surface area contributed by atoms with Crippen LogP contribution in [0.25, 0.3) is 0 Å². The van der Waals surface area contributed by atoms with Gasteiger partial charge in [0.25, 0.3) is 0 Å². The van der Waals surface area contributed by atoms with Crippen LogP contribution in [0.15, 0.2) is 0 Å². The molecule has 0 aromatic rings. The predicted molar refractivity (Wildman–Crippen MR) is 56.3 cm³/mol. The normalized spacial score (nSPS) is 27.7. The summed E-state index contributed by atoms with van der Waals surface area (Å²) in [4.78, 5) is 13.7. The maximum atomic E-state index is 12.5. The van der Waals surface area contributed by atoms with Crippen molar-refractivity contribution in [2.75, 3.05) is 26.2 Å². The Morgan fingerprint density at radius 2 is 1.94 bits per heavy atom. The van der Waals surface area contributed by atoms with Crippen LogP contribution in [0.1, 0.15) is 19.3 Å². The number of hydrogen-bond acceptors (Lipinski definition) is 2. The summed E-state index contributed by atoms with van der Waals surface area (Å²) in [6.07, 6.45) is -0.150. The van der Waals surface area contributed by atoms with Crippen molar-refractivity contribution in [3.05, 3.63) is 0 Å². The van der Waals surface area contributed by atoms with Gasteiger partial charge in [-0.25, -0.2) is 8.78 Å². The molecule has 2 heterocycles. The number of hydrogen-bond donors (Lipinski definition) is 1. The second kappa shape index (κ2) is 5.08. The molecule has 1 N–H and O–H groups in total. The quantitative estimate of drug-likeness (QED) is 0.773. The van der Waals surface area contributed by atoms with Crippen LogP contribution in [0.2, 0.25) is 0 Å². The van der Waals surface area contributed by atoms with E-state index in [9.17, 15) is 13.6 Å². The second-order valence-corrected chi connectivity index (χ2v) is 4.69. The van der Waals surface area contributed by atoms with Crippen LogP contribution >= 0.6 is 0 Å². The summed E-state index contributed by atoms with van der Waals surface area (Å²) in [7, 11) is 0. The number of rotatable bonds is 2. The molecule has 92 valence electrons. The number of carbonyl (C=O) groups excluding carboxylic acids is 1. The number of halogens is 2. The highest BCUT2D eigenvalue weighted by Crippen LogP contribution is 2.25. The average Bonchev–Trinajstić information content (AvgIpc) is 2.78. The van der Waals surface area contributed by atoms with Crippen LogP contribution in [0.3, 0.4) is 0 Å². The minimum atomic E-state index is -2.29. The van der Waals surface area contributed by atoms with Crippen LogP contribution in [0, 0.1) is 11.8 Å². The molecule has 0 aromatic carbocycles. The predicted octanol–water partition coefficient (Wildman–Crippen LogP) is 1.10. The number of nitrogens with one attached hydrogen (secondary N) is 1. The van der Waals surface area contributed by atoms with Gasteiger partial charge in [0.2, 0.25) is 12.3 Å². The topological polar surface area (TPSA) is 32.3 Å². The molecule has 2 aliphatic heterocycles. The molecule has 2 fully saturated rings. The van der Waals surface area contributed by atoms with Gasteiger partial charge in [0, 0.05) is 24.9 Å². The van der Waals surface area contributed by atoms with Gasteiger partial charge in [-0.2, -0.15) is 0 Å². The Morgan fingerprint density at radius 1 is 1.25 bits per heavy atom. The van der Waals surface area contributed by atoms with E-state index < -0.39 is 12.3 Å². The molecule has 1 unspecified atom stereocenters. The molecule has 3 nitrogen and oxygen atoms in total. The van der Waals surface area contributed by atoms with Crippen LogP contribution in [-0.2, 0) is 4.79 Å². The Bertz CT molecular complexity index is 254. The SMILES string of the molecule is O=C(C1CCNCC1)N1CCC(C(F)F)C1. The van der Waals surface area contributed by atoms with E-state index in [0.717, 1.165) is 25.9 Å². The molecular weight excluding hydrogens is 214 g/mol. The highest BCUT2D eigenvalue weighted by molar-refractivity contribution is 5.79. The fourth-order valence-electron chi connectivity index (χ4n) is 2.52. The van der Waals surface area contributed by atoms with E-state index in [1.54, 1.807) is 4.90 Å². The summed E-state index contributed by atoms with van der Waals surface area (Å²) in [5, 5.41) is 3.20. The molecule has 0 aromatic heterocycles. The van der Waals surface area contributed by atoms with E-state index in [4.69, 9.17) is 0 Å². The zero-order valence-electron chi connectivity index (χ0n) is 9.29. The second-order valence-electron chi connectivity index (χ2n) is 4.69. The molecular formula is C11H18F2N2O. The van der Waals surface area contributed by atoms with Gasteiger partial charge in [0.1, 0.15) is 0 Å². The Morgan fingerprint density at radius 3 is 2.50 bits per heavy atom. The van der Waals surface area contributed by atoms with Gasteiger partial charge in [-0.05, 0) is 32.4 Å². The van der Waals surface area contributed by atoms with Gasteiger partial charge >= 0.3 is 0 Å². The highest BCUT2D eigenvalue weighted by atomic mass is 19.3. The molecule has 5 heteroatoms. The van der Waals surface area contributed by atoms with E-state index >= 15 is 0 Å². The molecule has 1 amide bonds. The van der Waals surface area contributed by atoms with Gasteiger partial charge in [-0.1, -0.05) is 0 Å². The number of alkyl halides is 2. The average molecular weight is 232 g/mol. The molecule has 2 saturated heterocycles.